The highest BCUT2D eigenvalue weighted by Gasteiger charge is 2.01. The van der Waals surface area contributed by atoms with Crippen molar-refractivity contribution in [3.05, 3.63) is 51.5 Å². The maximum absolute atomic E-state index is 5.70. The summed E-state index contributed by atoms with van der Waals surface area (Å²) in [6, 6.07) is 8.48. The van der Waals surface area contributed by atoms with E-state index < -0.39 is 0 Å². The number of hydrogen-bond donors (Lipinski definition) is 1. The maximum atomic E-state index is 5.70. The number of nitrogens with zero attached hydrogens (tertiary/aromatic N) is 1. The zero-order valence-electron chi connectivity index (χ0n) is 11.3. The molecule has 0 radical (unpaired) electrons. The molecule has 0 aliphatic carbocycles. The molecular weight excluding hydrogens is 256 g/mol. The van der Waals surface area contributed by atoms with Gasteiger partial charge in [0, 0.05) is 11.3 Å². The van der Waals surface area contributed by atoms with Gasteiger partial charge >= 0.3 is 0 Å². The third-order valence-corrected chi connectivity index (χ3v) is 4.04. The molecule has 0 fully saturated rings. The minimum absolute atomic E-state index is 0.667. The second-order valence-electron chi connectivity index (χ2n) is 4.52. The molecule has 0 aliphatic rings. The largest absolute Gasteiger partial charge is 0.376 e. The highest BCUT2D eigenvalue weighted by molar-refractivity contribution is 7.09. The Bertz CT molecular complexity index is 493. The summed E-state index contributed by atoms with van der Waals surface area (Å²) in [6.45, 7) is 4.15. The fourth-order valence-electron chi connectivity index (χ4n) is 1.89. The van der Waals surface area contributed by atoms with Crippen LogP contribution in [0.3, 0.4) is 0 Å². The lowest BCUT2D eigenvalue weighted by molar-refractivity contribution is 0.124. The summed E-state index contributed by atoms with van der Waals surface area (Å²) in [5.74, 6) is 0. The van der Waals surface area contributed by atoms with E-state index in [4.69, 9.17) is 10.5 Å². The first-order chi connectivity index (χ1) is 9.29. The van der Waals surface area contributed by atoms with Gasteiger partial charge in [-0.15, -0.1) is 11.3 Å². The lowest BCUT2D eigenvalue weighted by Crippen LogP contribution is -2.03. The standard InChI is InChI=1S/C15H20N2OS/c1-12-15(19-11-17-12)7-9-18-10-14-4-2-13(3-5-14)6-8-16/h2-5,11H,6-10,16H2,1H3. The summed E-state index contributed by atoms with van der Waals surface area (Å²) in [6.07, 6.45) is 1.88. The molecule has 0 amide bonds. The van der Waals surface area contributed by atoms with E-state index >= 15 is 0 Å². The summed E-state index contributed by atoms with van der Waals surface area (Å²) in [4.78, 5) is 5.55. The van der Waals surface area contributed by atoms with Crippen LogP contribution >= 0.6 is 11.3 Å². The van der Waals surface area contributed by atoms with Crippen molar-refractivity contribution < 1.29 is 4.74 Å². The van der Waals surface area contributed by atoms with Gasteiger partial charge in [0.2, 0.25) is 0 Å². The topological polar surface area (TPSA) is 48.1 Å². The van der Waals surface area contributed by atoms with Crippen LogP contribution in [0.1, 0.15) is 21.7 Å². The SMILES string of the molecule is Cc1ncsc1CCOCc1ccc(CCN)cc1. The van der Waals surface area contributed by atoms with Crippen molar-refractivity contribution in [3.63, 3.8) is 0 Å². The van der Waals surface area contributed by atoms with Crippen LogP contribution < -0.4 is 5.73 Å². The van der Waals surface area contributed by atoms with E-state index in [9.17, 15) is 0 Å². The van der Waals surface area contributed by atoms with Crippen LogP contribution in [0.4, 0.5) is 0 Å². The van der Waals surface area contributed by atoms with Crippen molar-refractivity contribution in [2.75, 3.05) is 13.2 Å². The minimum atomic E-state index is 0.667. The van der Waals surface area contributed by atoms with Gasteiger partial charge in [0.15, 0.2) is 0 Å². The highest BCUT2D eigenvalue weighted by atomic mass is 32.1. The second kappa shape index (κ2) is 7.38. The lowest BCUT2D eigenvalue weighted by atomic mass is 10.1. The average Bonchev–Trinajstić information content (AvgIpc) is 2.83. The Hall–Kier alpha value is -1.23. The summed E-state index contributed by atoms with van der Waals surface area (Å²) in [5.41, 5.74) is 11.0. The molecule has 0 atom stereocenters. The van der Waals surface area contributed by atoms with Gasteiger partial charge in [-0.3, -0.25) is 0 Å². The molecular formula is C15H20N2OS. The molecule has 0 aliphatic heterocycles. The van der Waals surface area contributed by atoms with Crippen molar-refractivity contribution in [2.45, 2.75) is 26.4 Å². The Labute approximate surface area is 118 Å². The third-order valence-electron chi connectivity index (χ3n) is 3.04. The highest BCUT2D eigenvalue weighted by Crippen LogP contribution is 2.13. The molecule has 0 spiro atoms. The minimum Gasteiger partial charge on any atom is -0.376 e. The number of rotatable bonds is 7. The Morgan fingerprint density at radius 2 is 1.89 bits per heavy atom. The van der Waals surface area contributed by atoms with Crippen molar-refractivity contribution in [2.24, 2.45) is 5.73 Å². The first-order valence-electron chi connectivity index (χ1n) is 6.54. The molecule has 2 aromatic rings. The summed E-state index contributed by atoms with van der Waals surface area (Å²) >= 11 is 1.70. The van der Waals surface area contributed by atoms with Gasteiger partial charge in [-0.1, -0.05) is 24.3 Å². The quantitative estimate of drug-likeness (QED) is 0.791. The van der Waals surface area contributed by atoms with E-state index in [1.54, 1.807) is 11.3 Å². The van der Waals surface area contributed by atoms with Crippen LogP contribution in [0.5, 0.6) is 0 Å². The van der Waals surface area contributed by atoms with Crippen molar-refractivity contribution in [3.8, 4) is 0 Å². The molecule has 0 unspecified atom stereocenters. The van der Waals surface area contributed by atoms with Crippen LogP contribution in [0.25, 0.3) is 0 Å². The molecule has 4 heteroatoms. The van der Waals surface area contributed by atoms with Crippen molar-refractivity contribution in [1.29, 1.82) is 0 Å². The molecule has 0 bridgehead atoms. The lowest BCUT2D eigenvalue weighted by Gasteiger charge is -2.05. The number of aromatic nitrogens is 1. The van der Waals surface area contributed by atoms with Crippen LogP contribution in [0, 0.1) is 6.92 Å². The summed E-state index contributed by atoms with van der Waals surface area (Å²) < 4.78 is 5.70. The number of ether oxygens (including phenoxy) is 1. The first kappa shape index (κ1) is 14.2. The number of benzene rings is 1. The Balaban J connectivity index is 1.72. The maximum Gasteiger partial charge on any atom is 0.0797 e. The molecule has 19 heavy (non-hydrogen) atoms. The van der Waals surface area contributed by atoms with E-state index in [2.05, 4.69) is 29.2 Å². The van der Waals surface area contributed by atoms with Gasteiger partial charge in [0.1, 0.15) is 0 Å². The Kier molecular flexibility index (Phi) is 5.51. The van der Waals surface area contributed by atoms with Gasteiger partial charge in [-0.05, 0) is 31.0 Å². The van der Waals surface area contributed by atoms with E-state index in [-0.39, 0.29) is 0 Å². The fourth-order valence-corrected chi connectivity index (χ4v) is 2.65. The van der Waals surface area contributed by atoms with Gasteiger partial charge in [0.05, 0.1) is 24.4 Å². The molecule has 1 heterocycles. The van der Waals surface area contributed by atoms with Crippen molar-refractivity contribution >= 4 is 11.3 Å². The molecule has 2 N–H and O–H groups in total. The molecule has 102 valence electrons. The van der Waals surface area contributed by atoms with E-state index in [0.717, 1.165) is 25.1 Å². The van der Waals surface area contributed by atoms with E-state index in [1.807, 2.05) is 12.4 Å². The molecule has 2 rings (SSSR count). The summed E-state index contributed by atoms with van der Waals surface area (Å²) in [5, 5.41) is 0. The van der Waals surface area contributed by atoms with Gasteiger partial charge in [-0.2, -0.15) is 0 Å². The second-order valence-corrected chi connectivity index (χ2v) is 5.46. The van der Waals surface area contributed by atoms with Crippen LogP contribution in [-0.4, -0.2) is 18.1 Å². The van der Waals surface area contributed by atoms with Crippen LogP contribution in [0.2, 0.25) is 0 Å². The Morgan fingerprint density at radius 3 is 2.53 bits per heavy atom. The Morgan fingerprint density at radius 1 is 1.16 bits per heavy atom. The van der Waals surface area contributed by atoms with Crippen LogP contribution in [-0.2, 0) is 24.2 Å². The zero-order chi connectivity index (χ0) is 13.5. The first-order valence-corrected chi connectivity index (χ1v) is 7.42. The molecule has 1 aromatic carbocycles. The smallest absolute Gasteiger partial charge is 0.0797 e. The normalized spacial score (nSPS) is 10.8. The number of aryl methyl sites for hydroxylation is 1. The summed E-state index contributed by atoms with van der Waals surface area (Å²) in [7, 11) is 0. The molecule has 0 saturated carbocycles. The zero-order valence-corrected chi connectivity index (χ0v) is 12.1. The predicted molar refractivity (Wildman–Crippen MR) is 79.4 cm³/mol. The van der Waals surface area contributed by atoms with Crippen molar-refractivity contribution in [1.82, 2.24) is 4.98 Å². The number of hydrogen-bond acceptors (Lipinski definition) is 4. The third kappa shape index (κ3) is 4.42. The van der Waals surface area contributed by atoms with Crippen LogP contribution in [0.15, 0.2) is 29.8 Å². The monoisotopic (exact) mass is 276 g/mol. The number of thiazole rings is 1. The van der Waals surface area contributed by atoms with Gasteiger partial charge < -0.3 is 10.5 Å². The molecule has 3 nitrogen and oxygen atoms in total. The predicted octanol–water partition coefficient (Wildman–Crippen LogP) is 2.71. The molecule has 0 saturated heterocycles. The average molecular weight is 276 g/mol. The molecule has 1 aromatic heterocycles. The number of nitrogens with two attached hydrogens (primary N) is 1. The van der Waals surface area contributed by atoms with Gasteiger partial charge in [0.25, 0.3) is 0 Å². The van der Waals surface area contributed by atoms with E-state index in [0.29, 0.717) is 13.2 Å². The fraction of sp³-hybridized carbons (Fsp3) is 0.400. The van der Waals surface area contributed by atoms with E-state index in [1.165, 1.54) is 16.0 Å². The van der Waals surface area contributed by atoms with Gasteiger partial charge in [-0.25, -0.2) is 4.98 Å².